The van der Waals surface area contributed by atoms with Crippen LogP contribution in [-0.2, 0) is 4.79 Å². The maximum atomic E-state index is 13.1. The van der Waals surface area contributed by atoms with Crippen molar-refractivity contribution in [2.45, 2.75) is 56.5 Å². The van der Waals surface area contributed by atoms with E-state index in [0.717, 1.165) is 36.8 Å². The summed E-state index contributed by atoms with van der Waals surface area (Å²) in [5, 5.41) is 0. The summed E-state index contributed by atoms with van der Waals surface area (Å²) in [4.78, 5) is 25.5. The maximum Gasteiger partial charge on any atom is 0.312 e. The van der Waals surface area contributed by atoms with Gasteiger partial charge in [0.25, 0.3) is 0 Å². The zero-order chi connectivity index (χ0) is 21.6. The van der Waals surface area contributed by atoms with E-state index in [9.17, 15) is 9.59 Å². The summed E-state index contributed by atoms with van der Waals surface area (Å²) >= 11 is 0. The van der Waals surface area contributed by atoms with E-state index in [-0.39, 0.29) is 24.1 Å². The van der Waals surface area contributed by atoms with E-state index in [1.54, 1.807) is 26.4 Å². The first-order chi connectivity index (χ1) is 15.0. The SMILES string of the molecule is COc1ccc([C@H]2CC(=O)Oc3ccc4c(c32)OC2(CCCCC2)CC4=O)cc1OC. The maximum absolute atomic E-state index is 13.1. The number of esters is 1. The lowest BCUT2D eigenvalue weighted by Crippen LogP contribution is -2.44. The molecule has 1 fully saturated rings. The Labute approximate surface area is 181 Å². The molecule has 31 heavy (non-hydrogen) atoms. The van der Waals surface area contributed by atoms with E-state index in [4.69, 9.17) is 18.9 Å². The summed E-state index contributed by atoms with van der Waals surface area (Å²) in [7, 11) is 3.17. The molecule has 0 saturated heterocycles. The lowest BCUT2D eigenvalue weighted by atomic mass is 9.76. The van der Waals surface area contributed by atoms with Gasteiger partial charge in [-0.2, -0.15) is 0 Å². The number of carbonyl (C=O) groups is 2. The molecule has 6 heteroatoms. The zero-order valence-electron chi connectivity index (χ0n) is 17.9. The van der Waals surface area contributed by atoms with Crippen molar-refractivity contribution in [3.8, 4) is 23.0 Å². The van der Waals surface area contributed by atoms with Crippen molar-refractivity contribution < 1.29 is 28.5 Å². The number of ketones is 1. The fourth-order valence-electron chi connectivity index (χ4n) is 5.23. The molecule has 1 atom stereocenters. The second-order valence-electron chi connectivity index (χ2n) is 8.64. The molecule has 0 amide bonds. The molecule has 0 radical (unpaired) electrons. The quantitative estimate of drug-likeness (QED) is 0.522. The minimum absolute atomic E-state index is 0.105. The molecule has 2 aromatic rings. The Morgan fingerprint density at radius 2 is 1.74 bits per heavy atom. The van der Waals surface area contributed by atoms with Gasteiger partial charge in [0.2, 0.25) is 0 Å². The van der Waals surface area contributed by atoms with E-state index >= 15 is 0 Å². The van der Waals surface area contributed by atoms with Gasteiger partial charge in [0.1, 0.15) is 17.1 Å². The summed E-state index contributed by atoms with van der Waals surface area (Å²) in [5.74, 6) is 1.77. The van der Waals surface area contributed by atoms with Crippen LogP contribution in [0.15, 0.2) is 30.3 Å². The summed E-state index contributed by atoms with van der Waals surface area (Å²) < 4.78 is 23.1. The number of hydrogen-bond donors (Lipinski definition) is 0. The van der Waals surface area contributed by atoms with Gasteiger partial charge in [-0.1, -0.05) is 12.5 Å². The van der Waals surface area contributed by atoms with Crippen molar-refractivity contribution in [3.63, 3.8) is 0 Å². The Kier molecular flexibility index (Phi) is 4.88. The average Bonchev–Trinajstić information content (AvgIpc) is 2.78. The number of fused-ring (bicyclic) bond motifs is 3. The van der Waals surface area contributed by atoms with Crippen molar-refractivity contribution in [1.82, 2.24) is 0 Å². The number of hydrogen-bond acceptors (Lipinski definition) is 6. The summed E-state index contributed by atoms with van der Waals surface area (Å²) in [6.45, 7) is 0. The first kappa shape index (κ1) is 19.9. The molecule has 1 aliphatic carbocycles. The minimum atomic E-state index is -0.443. The van der Waals surface area contributed by atoms with Gasteiger partial charge in [-0.3, -0.25) is 9.59 Å². The van der Waals surface area contributed by atoms with E-state index in [2.05, 4.69) is 0 Å². The van der Waals surface area contributed by atoms with Crippen LogP contribution in [0.3, 0.4) is 0 Å². The highest BCUT2D eigenvalue weighted by molar-refractivity contribution is 6.01. The van der Waals surface area contributed by atoms with Crippen LogP contribution in [0.4, 0.5) is 0 Å². The third-order valence-electron chi connectivity index (χ3n) is 6.78. The summed E-state index contributed by atoms with van der Waals surface area (Å²) in [5.41, 5.74) is 1.81. The Morgan fingerprint density at radius 3 is 2.48 bits per heavy atom. The number of rotatable bonds is 3. The lowest BCUT2D eigenvalue weighted by Gasteiger charge is -2.42. The van der Waals surface area contributed by atoms with Gasteiger partial charge >= 0.3 is 5.97 Å². The van der Waals surface area contributed by atoms with Gasteiger partial charge < -0.3 is 18.9 Å². The van der Waals surface area contributed by atoms with Crippen LogP contribution in [0.5, 0.6) is 23.0 Å². The Bertz CT molecular complexity index is 1050. The number of benzene rings is 2. The highest BCUT2D eigenvalue weighted by Gasteiger charge is 2.44. The van der Waals surface area contributed by atoms with E-state index in [0.29, 0.717) is 35.0 Å². The molecule has 6 nitrogen and oxygen atoms in total. The molecule has 3 aliphatic rings. The molecule has 1 spiro atoms. The van der Waals surface area contributed by atoms with E-state index < -0.39 is 5.60 Å². The largest absolute Gasteiger partial charge is 0.493 e. The standard InChI is InChI=1S/C25H26O6/c1-28-19-8-6-15(12-21(19)29-2)17-13-22(27)30-20-9-7-16-18(26)14-25(10-4-3-5-11-25)31-24(16)23(17)20/h6-9,12,17H,3-5,10-11,13-14H2,1-2H3/t17-/m1/s1. The fraction of sp³-hybridized carbons (Fsp3) is 0.440. The van der Waals surface area contributed by atoms with E-state index in [1.165, 1.54) is 6.42 Å². The fourth-order valence-corrected chi connectivity index (χ4v) is 5.23. The molecular formula is C25H26O6. The van der Waals surface area contributed by atoms with Crippen LogP contribution in [0.2, 0.25) is 0 Å². The first-order valence-corrected chi connectivity index (χ1v) is 10.9. The van der Waals surface area contributed by atoms with Gasteiger partial charge in [-0.25, -0.2) is 0 Å². The first-order valence-electron chi connectivity index (χ1n) is 10.9. The van der Waals surface area contributed by atoms with Gasteiger partial charge in [0.05, 0.1) is 32.6 Å². The third-order valence-corrected chi connectivity index (χ3v) is 6.78. The van der Waals surface area contributed by atoms with E-state index in [1.807, 2.05) is 18.2 Å². The van der Waals surface area contributed by atoms with Crippen LogP contribution in [0.1, 0.15) is 72.3 Å². The van der Waals surface area contributed by atoms with Crippen molar-refractivity contribution in [2.24, 2.45) is 0 Å². The van der Waals surface area contributed by atoms with Crippen molar-refractivity contribution in [1.29, 1.82) is 0 Å². The monoisotopic (exact) mass is 422 g/mol. The molecule has 0 unspecified atom stereocenters. The van der Waals surface area contributed by atoms with Crippen LogP contribution in [0, 0.1) is 0 Å². The Morgan fingerprint density at radius 1 is 0.968 bits per heavy atom. The lowest BCUT2D eigenvalue weighted by molar-refractivity contribution is -0.135. The third kappa shape index (κ3) is 3.34. The van der Waals surface area contributed by atoms with Crippen LogP contribution < -0.4 is 18.9 Å². The molecule has 0 aromatic heterocycles. The number of methoxy groups -OCH3 is 2. The smallest absolute Gasteiger partial charge is 0.312 e. The molecule has 2 aliphatic heterocycles. The number of ether oxygens (including phenoxy) is 4. The minimum Gasteiger partial charge on any atom is -0.493 e. The second-order valence-corrected chi connectivity index (χ2v) is 8.64. The van der Waals surface area contributed by atoms with Gasteiger partial charge in [-0.05, 0) is 55.5 Å². The number of Topliss-reactive ketones (excluding diaryl/α,β-unsaturated/α-hetero) is 1. The summed E-state index contributed by atoms with van der Waals surface area (Å²) in [6.07, 6.45) is 5.64. The van der Waals surface area contributed by atoms with Gasteiger partial charge in [-0.15, -0.1) is 0 Å². The normalized spacial score (nSPS) is 21.5. The van der Waals surface area contributed by atoms with Crippen LogP contribution >= 0.6 is 0 Å². The van der Waals surface area contributed by atoms with Crippen LogP contribution in [0.25, 0.3) is 0 Å². The van der Waals surface area contributed by atoms with Crippen molar-refractivity contribution in [2.75, 3.05) is 14.2 Å². The second kappa shape index (κ2) is 7.59. The average molecular weight is 422 g/mol. The summed E-state index contributed by atoms with van der Waals surface area (Å²) in [6, 6.07) is 9.09. The molecule has 2 heterocycles. The molecule has 0 N–H and O–H groups in total. The highest BCUT2D eigenvalue weighted by Crippen LogP contribution is 2.51. The predicted molar refractivity (Wildman–Crippen MR) is 113 cm³/mol. The van der Waals surface area contributed by atoms with Gasteiger partial charge in [0.15, 0.2) is 17.3 Å². The molecule has 2 aromatic carbocycles. The molecular weight excluding hydrogens is 396 g/mol. The molecule has 162 valence electrons. The molecule has 0 bridgehead atoms. The highest BCUT2D eigenvalue weighted by atomic mass is 16.5. The van der Waals surface area contributed by atoms with Crippen molar-refractivity contribution >= 4 is 11.8 Å². The zero-order valence-corrected chi connectivity index (χ0v) is 17.9. The van der Waals surface area contributed by atoms with Gasteiger partial charge in [0, 0.05) is 11.5 Å². The Balaban J connectivity index is 1.65. The Hall–Kier alpha value is -3.02. The molecule has 5 rings (SSSR count). The van der Waals surface area contributed by atoms with Crippen LogP contribution in [-0.4, -0.2) is 31.6 Å². The molecule has 1 saturated carbocycles. The topological polar surface area (TPSA) is 71.1 Å². The predicted octanol–water partition coefficient (Wildman–Crippen LogP) is 4.81. The van der Waals surface area contributed by atoms with Crippen molar-refractivity contribution in [3.05, 3.63) is 47.0 Å². The number of carbonyl (C=O) groups excluding carboxylic acids is 2.